The molecule has 19 heavy (non-hydrogen) atoms. The van der Waals surface area contributed by atoms with E-state index in [0.717, 1.165) is 19.3 Å². The van der Waals surface area contributed by atoms with Crippen LogP contribution in [0.25, 0.3) is 0 Å². The standard InChI is InChI=1S/C14H23N3O2/c1-12-3-9-4-13(2,6-12)8-14(5-9,7-12)16-10(18)11(19)17-15/h9H,3-8,15H2,1-2H3,(H,16,18)(H,17,19). The van der Waals surface area contributed by atoms with E-state index in [9.17, 15) is 9.59 Å². The van der Waals surface area contributed by atoms with E-state index in [1.807, 2.05) is 5.43 Å². The maximum atomic E-state index is 11.9. The van der Waals surface area contributed by atoms with Crippen LogP contribution in [0.5, 0.6) is 0 Å². The first-order chi connectivity index (χ1) is 8.77. The lowest BCUT2D eigenvalue weighted by Crippen LogP contribution is -2.66. The lowest BCUT2D eigenvalue weighted by atomic mass is 9.43. The number of hydrogen-bond donors (Lipinski definition) is 3. The molecule has 4 saturated carbocycles. The molecule has 106 valence electrons. The van der Waals surface area contributed by atoms with Crippen LogP contribution in [0.1, 0.15) is 52.4 Å². The molecule has 2 unspecified atom stereocenters. The fourth-order valence-electron chi connectivity index (χ4n) is 5.95. The summed E-state index contributed by atoms with van der Waals surface area (Å²) in [5.41, 5.74) is 2.37. The fraction of sp³-hybridized carbons (Fsp3) is 0.857. The monoisotopic (exact) mass is 265 g/mol. The summed E-state index contributed by atoms with van der Waals surface area (Å²) in [7, 11) is 0. The zero-order chi connectivity index (χ0) is 13.9. The number of hydrogen-bond acceptors (Lipinski definition) is 3. The molecular weight excluding hydrogens is 242 g/mol. The van der Waals surface area contributed by atoms with E-state index in [-0.39, 0.29) is 5.54 Å². The topological polar surface area (TPSA) is 84.2 Å². The summed E-state index contributed by atoms with van der Waals surface area (Å²) in [5.74, 6) is 4.39. The van der Waals surface area contributed by atoms with Gasteiger partial charge >= 0.3 is 11.8 Å². The normalized spacial score (nSPS) is 47.0. The number of carbonyl (C=O) groups excluding carboxylic acids is 2. The van der Waals surface area contributed by atoms with Gasteiger partial charge in [-0.15, -0.1) is 0 Å². The highest BCUT2D eigenvalue weighted by atomic mass is 16.2. The maximum Gasteiger partial charge on any atom is 0.323 e. The quantitative estimate of drug-likeness (QED) is 0.284. The first-order valence-corrected chi connectivity index (χ1v) is 7.10. The first kappa shape index (κ1) is 12.9. The predicted molar refractivity (Wildman–Crippen MR) is 70.6 cm³/mol. The van der Waals surface area contributed by atoms with Crippen molar-refractivity contribution in [1.82, 2.24) is 10.7 Å². The third kappa shape index (κ3) is 2.04. The molecule has 0 saturated heterocycles. The minimum Gasteiger partial charge on any atom is -0.342 e. The molecule has 4 aliphatic carbocycles. The smallest absolute Gasteiger partial charge is 0.323 e. The predicted octanol–water partition coefficient (Wildman–Crippen LogP) is 0.841. The average molecular weight is 265 g/mol. The van der Waals surface area contributed by atoms with E-state index in [0.29, 0.717) is 16.7 Å². The van der Waals surface area contributed by atoms with E-state index >= 15 is 0 Å². The molecule has 0 heterocycles. The van der Waals surface area contributed by atoms with E-state index in [2.05, 4.69) is 19.2 Å². The van der Waals surface area contributed by atoms with Crippen molar-refractivity contribution in [3.8, 4) is 0 Å². The highest BCUT2D eigenvalue weighted by molar-refractivity contribution is 6.35. The summed E-state index contributed by atoms with van der Waals surface area (Å²) in [6, 6.07) is 0. The van der Waals surface area contributed by atoms with E-state index in [1.54, 1.807) is 0 Å². The molecule has 4 N–H and O–H groups in total. The van der Waals surface area contributed by atoms with Crippen molar-refractivity contribution in [1.29, 1.82) is 0 Å². The van der Waals surface area contributed by atoms with E-state index in [1.165, 1.54) is 19.3 Å². The van der Waals surface area contributed by atoms with Crippen LogP contribution in [0.4, 0.5) is 0 Å². The van der Waals surface area contributed by atoms with Gasteiger partial charge in [-0.3, -0.25) is 15.0 Å². The van der Waals surface area contributed by atoms with Crippen molar-refractivity contribution in [3.05, 3.63) is 0 Å². The number of carbonyl (C=O) groups is 2. The summed E-state index contributed by atoms with van der Waals surface area (Å²) in [6.45, 7) is 4.67. The molecule has 0 aromatic rings. The van der Waals surface area contributed by atoms with Crippen molar-refractivity contribution < 1.29 is 9.59 Å². The van der Waals surface area contributed by atoms with Crippen molar-refractivity contribution in [2.75, 3.05) is 0 Å². The Labute approximate surface area is 113 Å². The molecule has 0 aromatic heterocycles. The average Bonchev–Trinajstić information content (AvgIpc) is 2.21. The van der Waals surface area contributed by atoms with Crippen LogP contribution in [0, 0.1) is 16.7 Å². The van der Waals surface area contributed by atoms with Crippen LogP contribution < -0.4 is 16.6 Å². The van der Waals surface area contributed by atoms with Gasteiger partial charge < -0.3 is 5.32 Å². The largest absolute Gasteiger partial charge is 0.342 e. The Morgan fingerprint density at radius 3 is 2.05 bits per heavy atom. The molecule has 0 spiro atoms. The fourth-order valence-corrected chi connectivity index (χ4v) is 5.95. The van der Waals surface area contributed by atoms with E-state index in [4.69, 9.17) is 5.84 Å². The molecule has 4 rings (SSSR count). The van der Waals surface area contributed by atoms with Crippen LogP contribution in [0.15, 0.2) is 0 Å². The van der Waals surface area contributed by atoms with Gasteiger partial charge in [0.15, 0.2) is 0 Å². The lowest BCUT2D eigenvalue weighted by molar-refractivity contribution is -0.149. The maximum absolute atomic E-state index is 11.9. The molecule has 2 amide bonds. The summed E-state index contributed by atoms with van der Waals surface area (Å²) < 4.78 is 0. The number of amides is 2. The summed E-state index contributed by atoms with van der Waals surface area (Å²) in [6.07, 6.45) is 6.79. The molecule has 0 aromatic carbocycles. The summed E-state index contributed by atoms with van der Waals surface area (Å²) in [5, 5.41) is 2.99. The van der Waals surface area contributed by atoms with Gasteiger partial charge in [0.05, 0.1) is 0 Å². The van der Waals surface area contributed by atoms with Gasteiger partial charge in [-0.25, -0.2) is 5.84 Å². The van der Waals surface area contributed by atoms with Crippen molar-refractivity contribution >= 4 is 11.8 Å². The molecule has 4 bridgehead atoms. The molecule has 5 nitrogen and oxygen atoms in total. The Balaban J connectivity index is 1.85. The summed E-state index contributed by atoms with van der Waals surface area (Å²) in [4.78, 5) is 23.2. The molecule has 4 fully saturated rings. The SMILES string of the molecule is CC12CC3CC(C)(C1)CC(NC(=O)C(=O)NN)(C3)C2. The molecule has 4 aliphatic rings. The number of rotatable bonds is 1. The van der Waals surface area contributed by atoms with Crippen LogP contribution >= 0.6 is 0 Å². The van der Waals surface area contributed by atoms with Crippen LogP contribution in [0.3, 0.4) is 0 Å². The number of hydrazine groups is 1. The Morgan fingerprint density at radius 2 is 1.58 bits per heavy atom. The van der Waals surface area contributed by atoms with Crippen LogP contribution in [-0.2, 0) is 9.59 Å². The molecule has 2 atom stereocenters. The number of nitrogens with one attached hydrogen (secondary N) is 2. The molecule has 0 radical (unpaired) electrons. The van der Waals surface area contributed by atoms with Gasteiger partial charge in [-0.05, 0) is 55.3 Å². The van der Waals surface area contributed by atoms with Crippen LogP contribution in [-0.4, -0.2) is 17.4 Å². The zero-order valence-corrected chi connectivity index (χ0v) is 11.7. The lowest BCUT2D eigenvalue weighted by Gasteiger charge is -2.65. The highest BCUT2D eigenvalue weighted by Crippen LogP contribution is 2.66. The zero-order valence-electron chi connectivity index (χ0n) is 11.7. The Kier molecular flexibility index (Phi) is 2.53. The third-order valence-electron chi connectivity index (χ3n) is 5.34. The third-order valence-corrected chi connectivity index (χ3v) is 5.34. The second kappa shape index (κ2) is 3.72. The Morgan fingerprint density at radius 1 is 1.00 bits per heavy atom. The first-order valence-electron chi connectivity index (χ1n) is 7.10. The van der Waals surface area contributed by atoms with Crippen molar-refractivity contribution in [2.24, 2.45) is 22.6 Å². The van der Waals surface area contributed by atoms with Gasteiger partial charge in [0.25, 0.3) is 0 Å². The second-order valence-corrected chi connectivity index (χ2v) is 7.84. The molecule has 5 heteroatoms. The van der Waals surface area contributed by atoms with Gasteiger partial charge in [0, 0.05) is 5.54 Å². The second-order valence-electron chi connectivity index (χ2n) is 7.84. The van der Waals surface area contributed by atoms with Crippen molar-refractivity contribution in [3.63, 3.8) is 0 Å². The minimum absolute atomic E-state index is 0.188. The molecular formula is C14H23N3O2. The summed E-state index contributed by atoms with van der Waals surface area (Å²) >= 11 is 0. The van der Waals surface area contributed by atoms with Gasteiger partial charge in [-0.2, -0.15) is 0 Å². The van der Waals surface area contributed by atoms with E-state index < -0.39 is 11.8 Å². The van der Waals surface area contributed by atoms with Crippen molar-refractivity contribution in [2.45, 2.75) is 57.9 Å². The number of nitrogens with two attached hydrogens (primary N) is 1. The minimum atomic E-state index is -0.744. The van der Waals surface area contributed by atoms with Gasteiger partial charge in [0.1, 0.15) is 0 Å². The highest BCUT2D eigenvalue weighted by Gasteiger charge is 2.60. The molecule has 0 aliphatic heterocycles. The van der Waals surface area contributed by atoms with Gasteiger partial charge in [0.2, 0.25) is 0 Å². The Hall–Kier alpha value is -1.10. The van der Waals surface area contributed by atoms with Gasteiger partial charge in [-0.1, -0.05) is 13.8 Å². The van der Waals surface area contributed by atoms with Crippen LogP contribution in [0.2, 0.25) is 0 Å². The Bertz CT molecular complexity index is 430.